The number of hydrogen-bond acceptors (Lipinski definition) is 3. The molecule has 0 aliphatic rings. The van der Waals surface area contributed by atoms with Crippen molar-refractivity contribution in [2.24, 2.45) is 10.8 Å². The third-order valence-electron chi connectivity index (χ3n) is 2.30. The van der Waals surface area contributed by atoms with E-state index in [1.807, 2.05) is 30.0 Å². The van der Waals surface area contributed by atoms with Gasteiger partial charge in [-0.25, -0.2) is 0 Å². The number of thiocarbonyl (C=S) groups is 1. The van der Waals surface area contributed by atoms with E-state index in [9.17, 15) is 0 Å². The zero-order valence-electron chi connectivity index (χ0n) is 10.6. The van der Waals surface area contributed by atoms with E-state index in [0.29, 0.717) is 0 Å². The minimum absolute atomic E-state index is 0.180. The molecule has 3 N–H and O–H groups in total. The third kappa shape index (κ3) is 6.02. The molecule has 18 heavy (non-hydrogen) atoms. The summed E-state index contributed by atoms with van der Waals surface area (Å²) in [5.74, 6) is 1.14. The Balaban J connectivity index is 2.56. The van der Waals surface area contributed by atoms with Gasteiger partial charge in [-0.1, -0.05) is 38.0 Å². The summed E-state index contributed by atoms with van der Waals surface area (Å²) < 4.78 is 0. The molecule has 0 unspecified atom stereocenters. The summed E-state index contributed by atoms with van der Waals surface area (Å²) >= 11 is 6.55. The van der Waals surface area contributed by atoms with Crippen LogP contribution in [0.15, 0.2) is 34.3 Å². The molecule has 0 spiro atoms. The highest BCUT2D eigenvalue weighted by Crippen LogP contribution is 2.22. The minimum atomic E-state index is 0.180. The zero-order chi connectivity index (χ0) is 13.2. The number of unbranched alkanes of at least 4 members (excludes halogenated alkanes) is 2. The summed E-state index contributed by atoms with van der Waals surface area (Å²) in [6, 6.07) is 8.18. The van der Waals surface area contributed by atoms with Gasteiger partial charge in [-0.2, -0.15) is 5.10 Å². The molecular formula is C13H19N3S2. The fourth-order valence-corrected chi connectivity index (χ4v) is 2.50. The summed E-state index contributed by atoms with van der Waals surface area (Å²) in [5, 5.41) is 4.17. The quantitative estimate of drug-likeness (QED) is 0.265. The van der Waals surface area contributed by atoms with Gasteiger partial charge >= 0.3 is 0 Å². The number of nitrogens with two attached hydrogens (primary N) is 1. The maximum absolute atomic E-state index is 5.31. The molecule has 1 aromatic rings. The number of thioether (sulfide) groups is 1. The summed E-state index contributed by atoms with van der Waals surface area (Å²) in [7, 11) is 0. The largest absolute Gasteiger partial charge is 0.375 e. The molecule has 0 aliphatic heterocycles. The molecule has 1 rings (SSSR count). The van der Waals surface area contributed by atoms with Crippen molar-refractivity contribution in [2.45, 2.75) is 31.1 Å². The Morgan fingerprint density at radius 3 is 2.94 bits per heavy atom. The first-order valence-corrected chi connectivity index (χ1v) is 7.43. The van der Waals surface area contributed by atoms with E-state index in [2.05, 4.69) is 23.5 Å². The van der Waals surface area contributed by atoms with Crippen LogP contribution < -0.4 is 11.2 Å². The minimum Gasteiger partial charge on any atom is -0.375 e. The Morgan fingerprint density at radius 2 is 2.22 bits per heavy atom. The van der Waals surface area contributed by atoms with Crippen LogP contribution in [-0.2, 0) is 0 Å². The molecule has 0 fully saturated rings. The van der Waals surface area contributed by atoms with Crippen molar-refractivity contribution in [1.82, 2.24) is 5.43 Å². The molecule has 0 aromatic heterocycles. The average Bonchev–Trinajstić information content (AvgIpc) is 2.36. The van der Waals surface area contributed by atoms with Gasteiger partial charge in [-0.3, -0.25) is 5.43 Å². The van der Waals surface area contributed by atoms with Crippen molar-refractivity contribution < 1.29 is 0 Å². The number of nitrogens with zero attached hydrogens (tertiary/aromatic N) is 1. The van der Waals surface area contributed by atoms with Crippen LogP contribution in [-0.4, -0.2) is 17.1 Å². The van der Waals surface area contributed by atoms with Gasteiger partial charge in [0.05, 0.1) is 6.21 Å². The molecule has 0 atom stereocenters. The molecule has 0 saturated heterocycles. The summed E-state index contributed by atoms with van der Waals surface area (Å²) in [6.07, 6.45) is 5.53. The van der Waals surface area contributed by atoms with Crippen LogP contribution in [0.25, 0.3) is 0 Å². The Morgan fingerprint density at radius 1 is 1.44 bits per heavy atom. The van der Waals surface area contributed by atoms with Gasteiger partial charge in [0.1, 0.15) is 0 Å². The molecule has 3 nitrogen and oxygen atoms in total. The Hall–Kier alpha value is -1.07. The zero-order valence-corrected chi connectivity index (χ0v) is 12.2. The highest BCUT2D eigenvalue weighted by molar-refractivity contribution is 7.99. The molecule has 1 aromatic carbocycles. The SMILES string of the molecule is CCCCCSc1ccccc1C=NNC(N)=S. The molecule has 0 saturated carbocycles. The van der Waals surface area contributed by atoms with Crippen LogP contribution in [0.3, 0.4) is 0 Å². The number of benzene rings is 1. The fourth-order valence-electron chi connectivity index (χ4n) is 1.42. The van der Waals surface area contributed by atoms with Crippen molar-refractivity contribution in [3.05, 3.63) is 29.8 Å². The van der Waals surface area contributed by atoms with Gasteiger partial charge in [-0.05, 0) is 30.5 Å². The lowest BCUT2D eigenvalue weighted by molar-refractivity contribution is 0.778. The molecule has 98 valence electrons. The number of rotatable bonds is 7. The Kier molecular flexibility index (Phi) is 7.44. The van der Waals surface area contributed by atoms with Crippen LogP contribution in [0.5, 0.6) is 0 Å². The lowest BCUT2D eigenvalue weighted by atomic mass is 10.2. The molecule has 0 bridgehead atoms. The Labute approximate surface area is 118 Å². The first-order valence-electron chi connectivity index (χ1n) is 6.04. The van der Waals surface area contributed by atoms with Crippen LogP contribution in [0, 0.1) is 0 Å². The van der Waals surface area contributed by atoms with E-state index in [1.54, 1.807) is 6.21 Å². The lowest BCUT2D eigenvalue weighted by Crippen LogP contribution is -2.24. The summed E-state index contributed by atoms with van der Waals surface area (Å²) in [4.78, 5) is 1.24. The second-order valence-electron chi connectivity index (χ2n) is 3.83. The third-order valence-corrected chi connectivity index (χ3v) is 3.57. The second-order valence-corrected chi connectivity index (χ2v) is 5.40. The summed E-state index contributed by atoms with van der Waals surface area (Å²) in [5.41, 5.74) is 8.96. The molecule has 0 radical (unpaired) electrons. The molecule has 0 aliphatic carbocycles. The van der Waals surface area contributed by atoms with Gasteiger partial charge in [0.2, 0.25) is 0 Å². The Bertz CT molecular complexity index is 405. The van der Waals surface area contributed by atoms with E-state index in [1.165, 1.54) is 24.2 Å². The van der Waals surface area contributed by atoms with Crippen molar-refractivity contribution in [3.63, 3.8) is 0 Å². The highest BCUT2D eigenvalue weighted by atomic mass is 32.2. The fraction of sp³-hybridized carbons (Fsp3) is 0.385. The van der Waals surface area contributed by atoms with Gasteiger partial charge in [0.25, 0.3) is 0 Å². The van der Waals surface area contributed by atoms with Crippen molar-refractivity contribution >= 4 is 35.3 Å². The van der Waals surface area contributed by atoms with E-state index in [4.69, 9.17) is 18.0 Å². The summed E-state index contributed by atoms with van der Waals surface area (Å²) in [6.45, 7) is 2.21. The molecule has 5 heteroatoms. The number of hydrazone groups is 1. The molecular weight excluding hydrogens is 262 g/mol. The monoisotopic (exact) mass is 281 g/mol. The van der Waals surface area contributed by atoms with Gasteiger partial charge in [-0.15, -0.1) is 11.8 Å². The standard InChI is InChI=1S/C13H19N3S2/c1-2-3-6-9-18-12-8-5-4-7-11(12)10-15-16-13(14)17/h4-5,7-8,10H,2-3,6,9H2,1H3,(H3,14,16,17). The predicted molar refractivity (Wildman–Crippen MR) is 84.2 cm³/mol. The molecule has 0 amide bonds. The maximum atomic E-state index is 5.31. The normalized spacial score (nSPS) is 10.7. The first kappa shape index (κ1) is 15.0. The predicted octanol–water partition coefficient (Wildman–Crippen LogP) is 3.14. The first-order chi connectivity index (χ1) is 8.74. The van der Waals surface area contributed by atoms with Crippen LogP contribution >= 0.6 is 24.0 Å². The van der Waals surface area contributed by atoms with Crippen molar-refractivity contribution in [1.29, 1.82) is 0 Å². The average molecular weight is 281 g/mol. The maximum Gasteiger partial charge on any atom is 0.184 e. The van der Waals surface area contributed by atoms with Crippen molar-refractivity contribution in [3.8, 4) is 0 Å². The molecule has 0 heterocycles. The van der Waals surface area contributed by atoms with E-state index in [-0.39, 0.29) is 5.11 Å². The van der Waals surface area contributed by atoms with Gasteiger partial charge in [0, 0.05) is 10.5 Å². The topological polar surface area (TPSA) is 50.4 Å². The number of hydrogen-bond donors (Lipinski definition) is 2. The van der Waals surface area contributed by atoms with E-state index >= 15 is 0 Å². The number of nitrogens with one attached hydrogen (secondary N) is 1. The highest BCUT2D eigenvalue weighted by Gasteiger charge is 1.99. The van der Waals surface area contributed by atoms with E-state index in [0.717, 1.165) is 11.3 Å². The smallest absolute Gasteiger partial charge is 0.184 e. The van der Waals surface area contributed by atoms with Crippen LogP contribution in [0.2, 0.25) is 0 Å². The second kappa shape index (κ2) is 8.94. The van der Waals surface area contributed by atoms with Crippen LogP contribution in [0.1, 0.15) is 31.7 Å². The van der Waals surface area contributed by atoms with Gasteiger partial charge in [0.15, 0.2) is 5.11 Å². The van der Waals surface area contributed by atoms with Crippen LogP contribution in [0.4, 0.5) is 0 Å². The van der Waals surface area contributed by atoms with E-state index < -0.39 is 0 Å². The lowest BCUT2D eigenvalue weighted by Gasteiger charge is -2.05. The van der Waals surface area contributed by atoms with Gasteiger partial charge < -0.3 is 5.73 Å². The van der Waals surface area contributed by atoms with Crippen molar-refractivity contribution in [2.75, 3.05) is 5.75 Å².